The van der Waals surface area contributed by atoms with E-state index < -0.39 is 40.7 Å². The molecule has 4 amide bonds. The van der Waals surface area contributed by atoms with Crippen LogP contribution in [0.3, 0.4) is 0 Å². The first kappa shape index (κ1) is 45.8. The van der Waals surface area contributed by atoms with E-state index >= 15 is 4.39 Å². The van der Waals surface area contributed by atoms with Gasteiger partial charge in [-0.1, -0.05) is 72.8 Å². The van der Waals surface area contributed by atoms with E-state index in [4.69, 9.17) is 23.2 Å². The van der Waals surface area contributed by atoms with Gasteiger partial charge in [0.05, 0.1) is 22.1 Å². The van der Waals surface area contributed by atoms with Gasteiger partial charge in [0.25, 0.3) is 0 Å². The van der Waals surface area contributed by atoms with Crippen molar-refractivity contribution in [2.24, 2.45) is 18.4 Å². The van der Waals surface area contributed by atoms with Crippen LogP contribution < -0.4 is 27.0 Å². The highest BCUT2D eigenvalue weighted by Crippen LogP contribution is 2.63. The number of anilines is 1. The van der Waals surface area contributed by atoms with E-state index in [1.807, 2.05) is 18.2 Å². The minimum Gasteiger partial charge on any atom is -0.352 e. The molecule has 0 bridgehead atoms. The van der Waals surface area contributed by atoms with Crippen LogP contribution in [0.1, 0.15) is 112 Å². The molecule has 1 unspecified atom stereocenters. The van der Waals surface area contributed by atoms with Crippen molar-refractivity contribution in [3.63, 3.8) is 0 Å². The smallest absolute Gasteiger partial charge is 0.329 e. The molecular formula is C52H61Cl2FN8O5. The highest BCUT2D eigenvalue weighted by atomic mass is 35.5. The Balaban J connectivity index is 0.697. The fourth-order valence-corrected chi connectivity index (χ4v) is 14.5. The Kier molecular flexibility index (Phi) is 11.9. The average molecular weight is 968 g/mol. The van der Waals surface area contributed by atoms with E-state index in [1.165, 1.54) is 18.9 Å². The van der Waals surface area contributed by atoms with Crippen LogP contribution >= 0.6 is 23.2 Å². The van der Waals surface area contributed by atoms with Crippen LogP contribution in [0.15, 0.2) is 59.4 Å². The van der Waals surface area contributed by atoms with Crippen molar-refractivity contribution < 1.29 is 23.6 Å². The molecule has 3 spiro atoms. The molecule has 2 aliphatic carbocycles. The third-order valence-electron chi connectivity index (χ3n) is 17.5. The predicted molar refractivity (Wildman–Crippen MR) is 259 cm³/mol. The van der Waals surface area contributed by atoms with Crippen molar-refractivity contribution in [1.29, 1.82) is 0 Å². The molecule has 6 heterocycles. The lowest BCUT2D eigenvalue weighted by atomic mass is 9.55. The summed E-state index contributed by atoms with van der Waals surface area (Å²) in [6, 6.07) is 14.7. The molecule has 68 heavy (non-hydrogen) atoms. The number of imidazole rings is 1. The Morgan fingerprint density at radius 1 is 0.868 bits per heavy atom. The van der Waals surface area contributed by atoms with E-state index in [0.717, 1.165) is 113 Å². The Morgan fingerprint density at radius 3 is 2.37 bits per heavy atom. The monoisotopic (exact) mass is 966 g/mol. The molecule has 4 atom stereocenters. The zero-order valence-electron chi connectivity index (χ0n) is 38.7. The van der Waals surface area contributed by atoms with E-state index in [0.29, 0.717) is 41.3 Å². The number of aromatic nitrogens is 2. The summed E-state index contributed by atoms with van der Waals surface area (Å²) in [4.78, 5) is 72.6. The number of carbonyl (C=O) groups is 4. The molecular weight excluding hydrogens is 907 g/mol. The topological polar surface area (TPSA) is 150 Å². The second-order valence-corrected chi connectivity index (χ2v) is 22.1. The van der Waals surface area contributed by atoms with Gasteiger partial charge in [0.2, 0.25) is 23.6 Å². The second kappa shape index (κ2) is 17.7. The molecule has 4 saturated heterocycles. The number of fused-ring (bicyclic) bond motifs is 4. The van der Waals surface area contributed by atoms with Crippen molar-refractivity contribution in [3.8, 4) is 0 Å². The number of nitrogens with zero attached hydrogens (tertiary/aromatic N) is 4. The molecule has 2 saturated carbocycles. The van der Waals surface area contributed by atoms with Crippen LogP contribution in [-0.4, -0.2) is 99.5 Å². The van der Waals surface area contributed by atoms with Crippen LogP contribution in [0.5, 0.6) is 0 Å². The largest absolute Gasteiger partial charge is 0.352 e. The van der Waals surface area contributed by atoms with E-state index in [9.17, 15) is 24.0 Å². The van der Waals surface area contributed by atoms with Crippen LogP contribution in [-0.2, 0) is 38.1 Å². The number of hydrogen-bond acceptors (Lipinski definition) is 8. The Hall–Kier alpha value is -4.60. The van der Waals surface area contributed by atoms with Crippen LogP contribution in [0, 0.1) is 17.2 Å². The molecule has 13 nitrogen and oxygen atoms in total. The van der Waals surface area contributed by atoms with Crippen molar-refractivity contribution in [2.45, 2.75) is 125 Å². The molecule has 5 aliphatic heterocycles. The summed E-state index contributed by atoms with van der Waals surface area (Å²) in [6.45, 7) is 6.28. The molecule has 16 heteroatoms. The second-order valence-electron chi connectivity index (χ2n) is 21.3. The van der Waals surface area contributed by atoms with Gasteiger partial charge in [0.1, 0.15) is 17.3 Å². The zero-order chi connectivity index (χ0) is 47.1. The molecule has 3 aromatic carbocycles. The number of rotatable bonds is 9. The Bertz CT molecular complexity index is 2750. The van der Waals surface area contributed by atoms with Gasteiger partial charge in [-0.15, -0.1) is 0 Å². The third-order valence-corrected chi connectivity index (χ3v) is 18.0. The lowest BCUT2D eigenvalue weighted by Crippen LogP contribution is -2.60. The number of aryl methyl sites for hydroxylation is 1. The quantitative estimate of drug-likeness (QED) is 0.135. The van der Waals surface area contributed by atoms with Crippen LogP contribution in [0.25, 0.3) is 11.0 Å². The summed E-state index contributed by atoms with van der Waals surface area (Å²) in [7, 11) is 1.76. The number of halogens is 3. The zero-order valence-corrected chi connectivity index (χ0v) is 40.2. The van der Waals surface area contributed by atoms with Gasteiger partial charge in [-0.3, -0.25) is 38.9 Å². The van der Waals surface area contributed by atoms with Gasteiger partial charge < -0.3 is 20.4 Å². The molecule has 11 rings (SSSR count). The van der Waals surface area contributed by atoms with Crippen molar-refractivity contribution in [3.05, 3.63) is 97.6 Å². The van der Waals surface area contributed by atoms with Gasteiger partial charge in [-0.2, -0.15) is 0 Å². The maximum atomic E-state index is 16.4. The van der Waals surface area contributed by atoms with Crippen LogP contribution in [0.4, 0.5) is 10.1 Å². The maximum absolute atomic E-state index is 16.4. The summed E-state index contributed by atoms with van der Waals surface area (Å²) in [5.74, 6) is -2.04. The number of nitrogens with one attached hydrogen (secondary N) is 4. The lowest BCUT2D eigenvalue weighted by Gasteiger charge is -2.54. The molecule has 0 radical (unpaired) electrons. The normalized spacial score (nSPS) is 29.1. The van der Waals surface area contributed by atoms with E-state index in [1.54, 1.807) is 40.4 Å². The minimum absolute atomic E-state index is 0.0135. The fraction of sp³-hybridized carbons (Fsp3) is 0.558. The average Bonchev–Trinajstić information content (AvgIpc) is 3.87. The predicted octanol–water partition coefficient (Wildman–Crippen LogP) is 6.73. The number of carbonyl (C=O) groups excluding carboxylic acids is 4. The summed E-state index contributed by atoms with van der Waals surface area (Å²) >= 11 is 12.9. The van der Waals surface area contributed by atoms with Crippen molar-refractivity contribution in [2.75, 3.05) is 44.6 Å². The van der Waals surface area contributed by atoms with Crippen molar-refractivity contribution >= 4 is 63.6 Å². The van der Waals surface area contributed by atoms with Gasteiger partial charge in [0, 0.05) is 67.9 Å². The van der Waals surface area contributed by atoms with Crippen LogP contribution in [0.2, 0.25) is 10.0 Å². The molecule has 4 N–H and O–H groups in total. The van der Waals surface area contributed by atoms with E-state index in [2.05, 4.69) is 37.1 Å². The first-order chi connectivity index (χ1) is 32.8. The number of para-hydroxylation sites is 1. The standard InChI is InChI=1S/C52H61Cl2FN8O5/c1-60-45-32(7-5-10-39(45)63(49(60)68)40-17-18-41(64)58-46(40)65)19-24-62-29-50(30-62)22-25-61(26-23-50)28-31-11-14-34(15-12-31)56-47(66)44-42(35-8-6-9-37(54)43(35)55)52(51(59-44)20-3-2-4-21-51)36-16-13-33(53)27-38(36)57-48(52)67/h5-10,13,16,27,31,34,40,42,44,59H,2-4,11-12,14-15,17-26,28-30H2,1H3,(H,56,66)(H,57,67)(H,58,64,65)/t31?,34?,40?,42-,44+,52+/m0/s1. The SMILES string of the molecule is Cn1c(=O)n(C2CCC(=O)NC2=O)c2cccc(CCN3CC4(CCN(CC5CCC(NC(=O)[C@@H]6NC7(CCCCC7)[C@@]7(C(=O)Nc8cc(Cl)ccc87)[C@H]6c6cccc(Cl)c6F)CC5)CC4)C3)c21. The lowest BCUT2D eigenvalue weighted by molar-refractivity contribution is -0.136. The summed E-state index contributed by atoms with van der Waals surface area (Å²) < 4.78 is 19.6. The molecule has 360 valence electrons. The highest BCUT2D eigenvalue weighted by molar-refractivity contribution is 6.31. The molecule has 6 fully saturated rings. The summed E-state index contributed by atoms with van der Waals surface area (Å²) in [5.41, 5.74) is 2.38. The molecule has 1 aromatic heterocycles. The number of likely N-dealkylation sites (tertiary alicyclic amines) is 2. The Morgan fingerprint density at radius 2 is 1.62 bits per heavy atom. The molecule has 4 aromatic rings. The van der Waals surface area contributed by atoms with E-state index in [-0.39, 0.29) is 46.5 Å². The minimum atomic E-state index is -1.25. The molecule has 7 aliphatic rings. The van der Waals surface area contributed by atoms with Gasteiger partial charge in [0.15, 0.2) is 0 Å². The van der Waals surface area contributed by atoms with Gasteiger partial charge in [-0.05, 0) is 130 Å². The number of imide groups is 1. The first-order valence-electron chi connectivity index (χ1n) is 24.9. The summed E-state index contributed by atoms with van der Waals surface area (Å²) in [6.07, 6.45) is 11.6. The third kappa shape index (κ3) is 7.54. The number of amides is 4. The van der Waals surface area contributed by atoms with Crippen molar-refractivity contribution in [1.82, 2.24) is 34.9 Å². The Labute approximate surface area is 405 Å². The number of benzene rings is 3. The maximum Gasteiger partial charge on any atom is 0.329 e. The number of hydrogen-bond donors (Lipinski definition) is 4. The van der Waals surface area contributed by atoms with Gasteiger partial charge >= 0.3 is 5.69 Å². The number of piperidine rings is 2. The van der Waals surface area contributed by atoms with Gasteiger partial charge in [-0.25, -0.2) is 9.18 Å². The highest BCUT2D eigenvalue weighted by Gasteiger charge is 2.72. The summed E-state index contributed by atoms with van der Waals surface area (Å²) in [5, 5.41) is 13.2. The fourth-order valence-electron chi connectivity index (χ4n) is 14.2. The first-order valence-corrected chi connectivity index (χ1v) is 25.7.